The summed E-state index contributed by atoms with van der Waals surface area (Å²) >= 11 is 12.3. The van der Waals surface area contributed by atoms with Crippen LogP contribution in [0, 0.1) is 5.92 Å². The third kappa shape index (κ3) is 4.14. The molecule has 0 unspecified atom stereocenters. The predicted molar refractivity (Wildman–Crippen MR) is 90.9 cm³/mol. The first kappa shape index (κ1) is 16.2. The summed E-state index contributed by atoms with van der Waals surface area (Å²) in [5.74, 6) is 1.53. The number of anilines is 1. The van der Waals surface area contributed by atoms with E-state index in [-0.39, 0.29) is 0 Å². The van der Waals surface area contributed by atoms with Crippen molar-refractivity contribution < 1.29 is 0 Å². The van der Waals surface area contributed by atoms with Crippen LogP contribution < -0.4 is 5.32 Å². The molecule has 1 heterocycles. The molecule has 0 aliphatic rings. The van der Waals surface area contributed by atoms with Gasteiger partial charge in [-0.15, -0.1) is 0 Å². The van der Waals surface area contributed by atoms with Gasteiger partial charge in [0.15, 0.2) is 0 Å². The lowest BCUT2D eigenvalue weighted by molar-refractivity contribution is 0.628. The number of halogens is 2. The minimum Gasteiger partial charge on any atom is -0.370 e. The molecule has 1 N–H and O–H groups in total. The highest BCUT2D eigenvalue weighted by molar-refractivity contribution is 6.35. The lowest BCUT2D eigenvalue weighted by Crippen LogP contribution is -2.07. The molecule has 114 valence electrons. The number of nitrogens with zero attached hydrogens (tertiary/aromatic N) is 2. The number of hydrogen-bond donors (Lipinski definition) is 1. The molecule has 0 saturated heterocycles. The fourth-order valence-corrected chi connectivity index (χ4v) is 2.65. The fourth-order valence-electron chi connectivity index (χ4n) is 2.16. The van der Waals surface area contributed by atoms with E-state index >= 15 is 0 Å². The SMILES string of the molecule is CCCNc1cc(CC(C)C)nn1-c1ccc(Cl)cc1Cl. The van der Waals surface area contributed by atoms with Crippen LogP contribution in [-0.4, -0.2) is 16.3 Å². The summed E-state index contributed by atoms with van der Waals surface area (Å²) in [4.78, 5) is 0. The van der Waals surface area contributed by atoms with Crippen LogP contribution in [0.5, 0.6) is 0 Å². The summed E-state index contributed by atoms with van der Waals surface area (Å²) in [7, 11) is 0. The van der Waals surface area contributed by atoms with E-state index < -0.39 is 0 Å². The third-order valence-electron chi connectivity index (χ3n) is 3.07. The molecule has 0 saturated carbocycles. The van der Waals surface area contributed by atoms with Gasteiger partial charge in [-0.1, -0.05) is 44.0 Å². The Bertz CT molecular complexity index is 606. The maximum absolute atomic E-state index is 6.31. The van der Waals surface area contributed by atoms with Crippen molar-refractivity contribution in [3.63, 3.8) is 0 Å². The first-order chi connectivity index (χ1) is 10.0. The second kappa shape index (κ2) is 7.19. The summed E-state index contributed by atoms with van der Waals surface area (Å²) in [6.45, 7) is 7.41. The van der Waals surface area contributed by atoms with Gasteiger partial charge in [-0.05, 0) is 37.0 Å². The third-order valence-corrected chi connectivity index (χ3v) is 3.61. The molecule has 0 aliphatic carbocycles. The summed E-state index contributed by atoms with van der Waals surface area (Å²) in [6, 6.07) is 7.57. The lowest BCUT2D eigenvalue weighted by atomic mass is 10.1. The van der Waals surface area contributed by atoms with Gasteiger partial charge in [0.25, 0.3) is 0 Å². The largest absolute Gasteiger partial charge is 0.370 e. The summed E-state index contributed by atoms with van der Waals surface area (Å²) < 4.78 is 1.87. The van der Waals surface area contributed by atoms with E-state index in [2.05, 4.69) is 32.2 Å². The predicted octanol–water partition coefficient (Wildman–Crippen LogP) is 5.20. The molecule has 2 aromatic rings. The Hall–Kier alpha value is -1.19. The van der Waals surface area contributed by atoms with Gasteiger partial charge in [0.2, 0.25) is 0 Å². The summed E-state index contributed by atoms with van der Waals surface area (Å²) in [5, 5.41) is 9.32. The number of hydrogen-bond acceptors (Lipinski definition) is 2. The maximum atomic E-state index is 6.31. The van der Waals surface area contributed by atoms with Gasteiger partial charge in [0.05, 0.1) is 16.4 Å². The Morgan fingerprint density at radius 2 is 2.00 bits per heavy atom. The molecule has 0 amide bonds. The topological polar surface area (TPSA) is 29.9 Å². The minimum atomic E-state index is 0.563. The highest BCUT2D eigenvalue weighted by Gasteiger charge is 2.13. The molecule has 2 rings (SSSR count). The van der Waals surface area contributed by atoms with Crippen molar-refractivity contribution in [1.82, 2.24) is 9.78 Å². The lowest BCUT2D eigenvalue weighted by Gasteiger charge is -2.10. The van der Waals surface area contributed by atoms with Crippen molar-refractivity contribution in [1.29, 1.82) is 0 Å². The Morgan fingerprint density at radius 3 is 2.62 bits per heavy atom. The van der Waals surface area contributed by atoms with E-state index in [1.165, 1.54) is 0 Å². The first-order valence-corrected chi connectivity index (χ1v) is 8.05. The monoisotopic (exact) mass is 325 g/mol. The van der Waals surface area contributed by atoms with E-state index in [1.807, 2.05) is 16.8 Å². The van der Waals surface area contributed by atoms with Crippen LogP contribution >= 0.6 is 23.2 Å². The normalized spacial score (nSPS) is 11.1. The van der Waals surface area contributed by atoms with E-state index in [9.17, 15) is 0 Å². The molecule has 0 aliphatic heterocycles. The fraction of sp³-hybridized carbons (Fsp3) is 0.438. The van der Waals surface area contributed by atoms with Crippen LogP contribution in [0.1, 0.15) is 32.9 Å². The Kier molecular flexibility index (Phi) is 5.54. The van der Waals surface area contributed by atoms with Crippen molar-refractivity contribution in [2.75, 3.05) is 11.9 Å². The quantitative estimate of drug-likeness (QED) is 0.791. The van der Waals surface area contributed by atoms with Crippen LogP contribution in [0.2, 0.25) is 10.0 Å². The Labute approximate surface area is 136 Å². The van der Waals surface area contributed by atoms with Gasteiger partial charge < -0.3 is 5.32 Å². The molecular weight excluding hydrogens is 305 g/mol. The van der Waals surface area contributed by atoms with Crippen LogP contribution in [-0.2, 0) is 6.42 Å². The van der Waals surface area contributed by atoms with E-state index in [0.717, 1.165) is 36.6 Å². The molecule has 1 aromatic heterocycles. The maximum Gasteiger partial charge on any atom is 0.130 e. The number of aromatic nitrogens is 2. The molecule has 5 heteroatoms. The molecule has 0 spiro atoms. The molecular formula is C16H21Cl2N3. The second-order valence-electron chi connectivity index (χ2n) is 5.55. The van der Waals surface area contributed by atoms with Gasteiger partial charge in [-0.25, -0.2) is 4.68 Å². The molecule has 1 aromatic carbocycles. The van der Waals surface area contributed by atoms with E-state index in [4.69, 9.17) is 28.3 Å². The average molecular weight is 326 g/mol. The van der Waals surface area contributed by atoms with Crippen molar-refractivity contribution in [2.24, 2.45) is 5.92 Å². The van der Waals surface area contributed by atoms with Gasteiger partial charge in [-0.2, -0.15) is 5.10 Å². The molecule has 0 radical (unpaired) electrons. The average Bonchev–Trinajstić information content (AvgIpc) is 2.78. The van der Waals surface area contributed by atoms with Crippen LogP contribution in [0.3, 0.4) is 0 Å². The Morgan fingerprint density at radius 1 is 1.24 bits per heavy atom. The summed E-state index contributed by atoms with van der Waals surface area (Å²) in [5.41, 5.74) is 1.91. The number of benzene rings is 1. The zero-order chi connectivity index (χ0) is 15.4. The van der Waals surface area contributed by atoms with Gasteiger partial charge in [-0.3, -0.25) is 0 Å². The first-order valence-electron chi connectivity index (χ1n) is 7.29. The second-order valence-corrected chi connectivity index (χ2v) is 6.40. The molecule has 0 fully saturated rings. The van der Waals surface area contributed by atoms with E-state index in [1.54, 1.807) is 6.07 Å². The van der Waals surface area contributed by atoms with Crippen molar-refractivity contribution in [3.8, 4) is 5.69 Å². The zero-order valence-corrected chi connectivity index (χ0v) is 14.2. The summed E-state index contributed by atoms with van der Waals surface area (Å²) in [6.07, 6.45) is 2.00. The van der Waals surface area contributed by atoms with Gasteiger partial charge in [0.1, 0.15) is 5.82 Å². The highest BCUT2D eigenvalue weighted by Crippen LogP contribution is 2.27. The minimum absolute atomic E-state index is 0.563. The van der Waals surface area contributed by atoms with Crippen molar-refractivity contribution in [2.45, 2.75) is 33.6 Å². The van der Waals surface area contributed by atoms with Crippen LogP contribution in [0.15, 0.2) is 24.3 Å². The standard InChI is InChI=1S/C16H21Cl2N3/c1-4-7-19-16-10-13(8-11(2)3)20-21(16)15-6-5-12(17)9-14(15)18/h5-6,9-11,19H,4,7-8H2,1-3H3. The zero-order valence-electron chi connectivity index (χ0n) is 12.7. The molecule has 0 bridgehead atoms. The number of nitrogens with one attached hydrogen (secondary N) is 1. The number of rotatable bonds is 6. The highest BCUT2D eigenvalue weighted by atomic mass is 35.5. The van der Waals surface area contributed by atoms with E-state index in [0.29, 0.717) is 16.0 Å². The smallest absolute Gasteiger partial charge is 0.130 e. The molecule has 0 atom stereocenters. The van der Waals surface area contributed by atoms with Crippen molar-refractivity contribution >= 4 is 29.0 Å². The molecule has 21 heavy (non-hydrogen) atoms. The van der Waals surface area contributed by atoms with Crippen LogP contribution in [0.25, 0.3) is 5.69 Å². The van der Waals surface area contributed by atoms with Crippen LogP contribution in [0.4, 0.5) is 5.82 Å². The molecule has 3 nitrogen and oxygen atoms in total. The van der Waals surface area contributed by atoms with Gasteiger partial charge >= 0.3 is 0 Å². The Balaban J connectivity index is 2.41. The van der Waals surface area contributed by atoms with Gasteiger partial charge in [0, 0.05) is 17.6 Å². The van der Waals surface area contributed by atoms with Crippen molar-refractivity contribution in [3.05, 3.63) is 40.0 Å².